The van der Waals surface area contributed by atoms with Crippen molar-refractivity contribution in [3.8, 4) is 6.07 Å². The highest BCUT2D eigenvalue weighted by atomic mass is 16.3. The molecule has 3 nitrogen and oxygen atoms in total. The highest BCUT2D eigenvalue weighted by Gasteiger charge is 2.24. The van der Waals surface area contributed by atoms with Gasteiger partial charge in [0.2, 0.25) is 0 Å². The van der Waals surface area contributed by atoms with Crippen LogP contribution in [0.5, 0.6) is 0 Å². The van der Waals surface area contributed by atoms with E-state index in [9.17, 15) is 5.11 Å². The molecule has 0 spiro atoms. The Labute approximate surface area is 110 Å². The minimum Gasteiger partial charge on any atom is -0.389 e. The van der Waals surface area contributed by atoms with Crippen molar-refractivity contribution in [3.63, 3.8) is 0 Å². The van der Waals surface area contributed by atoms with Crippen molar-refractivity contribution in [2.24, 2.45) is 0 Å². The Balaban J connectivity index is 3.32. The van der Waals surface area contributed by atoms with E-state index in [4.69, 9.17) is 5.26 Å². The number of benzene rings is 1. The molecule has 0 aliphatic heterocycles. The Morgan fingerprint density at radius 1 is 1.44 bits per heavy atom. The minimum atomic E-state index is -0.539. The molecule has 0 heterocycles. The molecule has 0 aromatic heterocycles. The molecule has 0 saturated carbocycles. The van der Waals surface area contributed by atoms with Crippen LogP contribution in [0.15, 0.2) is 18.2 Å². The molecule has 18 heavy (non-hydrogen) atoms. The van der Waals surface area contributed by atoms with Gasteiger partial charge in [-0.1, -0.05) is 13.0 Å². The van der Waals surface area contributed by atoms with E-state index in [1.807, 2.05) is 19.2 Å². The van der Waals surface area contributed by atoms with Gasteiger partial charge in [0.25, 0.3) is 0 Å². The molecule has 1 rings (SSSR count). The van der Waals surface area contributed by atoms with Crippen LogP contribution in [0.1, 0.15) is 51.3 Å². The fourth-order valence-corrected chi connectivity index (χ4v) is 1.82. The summed E-state index contributed by atoms with van der Waals surface area (Å²) in [6.07, 6.45) is 0.447. The van der Waals surface area contributed by atoms with Gasteiger partial charge in [-0.15, -0.1) is 0 Å². The van der Waals surface area contributed by atoms with Crippen molar-refractivity contribution in [1.82, 2.24) is 0 Å². The van der Waals surface area contributed by atoms with E-state index in [1.54, 1.807) is 13.0 Å². The molecule has 0 radical (unpaired) electrons. The van der Waals surface area contributed by atoms with Gasteiger partial charge in [-0.3, -0.25) is 0 Å². The van der Waals surface area contributed by atoms with E-state index in [2.05, 4.69) is 31.7 Å². The first kappa shape index (κ1) is 14.5. The van der Waals surface area contributed by atoms with Gasteiger partial charge in [0.05, 0.1) is 17.7 Å². The second-order valence-electron chi connectivity index (χ2n) is 5.29. The maximum Gasteiger partial charge on any atom is 0.0992 e. The van der Waals surface area contributed by atoms with Gasteiger partial charge < -0.3 is 10.0 Å². The van der Waals surface area contributed by atoms with Crippen LogP contribution in [0.25, 0.3) is 0 Å². The van der Waals surface area contributed by atoms with Crippen LogP contribution in [0.2, 0.25) is 0 Å². The fourth-order valence-electron chi connectivity index (χ4n) is 1.82. The lowest BCUT2D eigenvalue weighted by molar-refractivity contribution is 0.199. The molecule has 0 aliphatic carbocycles. The van der Waals surface area contributed by atoms with Gasteiger partial charge in [-0.2, -0.15) is 5.26 Å². The van der Waals surface area contributed by atoms with E-state index < -0.39 is 6.10 Å². The van der Waals surface area contributed by atoms with Crippen molar-refractivity contribution in [1.29, 1.82) is 5.26 Å². The van der Waals surface area contributed by atoms with E-state index in [0.29, 0.717) is 5.56 Å². The maximum absolute atomic E-state index is 9.85. The van der Waals surface area contributed by atoms with E-state index in [0.717, 1.165) is 17.7 Å². The number of hydrogen-bond donors (Lipinski definition) is 1. The van der Waals surface area contributed by atoms with Crippen LogP contribution in [0.4, 0.5) is 5.69 Å². The van der Waals surface area contributed by atoms with Crippen molar-refractivity contribution < 1.29 is 5.11 Å². The second kappa shape index (κ2) is 5.41. The molecule has 1 atom stereocenters. The van der Waals surface area contributed by atoms with Gasteiger partial charge in [0.1, 0.15) is 0 Å². The van der Waals surface area contributed by atoms with E-state index >= 15 is 0 Å². The Hall–Kier alpha value is -1.53. The summed E-state index contributed by atoms with van der Waals surface area (Å²) in [4.78, 5) is 2.13. The van der Waals surface area contributed by atoms with Crippen molar-refractivity contribution >= 4 is 5.69 Å². The first-order valence-corrected chi connectivity index (χ1v) is 6.29. The predicted molar refractivity (Wildman–Crippen MR) is 74.6 cm³/mol. The van der Waals surface area contributed by atoms with Crippen LogP contribution in [-0.2, 0) is 0 Å². The van der Waals surface area contributed by atoms with Gasteiger partial charge in [0.15, 0.2) is 0 Å². The average Bonchev–Trinajstić information content (AvgIpc) is 2.36. The van der Waals surface area contributed by atoms with E-state index in [-0.39, 0.29) is 5.54 Å². The van der Waals surface area contributed by atoms with Gasteiger partial charge in [0, 0.05) is 23.8 Å². The first-order valence-electron chi connectivity index (χ1n) is 6.29. The summed E-state index contributed by atoms with van der Waals surface area (Å²) in [5, 5.41) is 18.8. The Kier molecular flexibility index (Phi) is 4.37. The molecular formula is C15H22N2O. The van der Waals surface area contributed by atoms with Crippen LogP contribution in [0, 0.1) is 11.3 Å². The Bertz CT molecular complexity index is 458. The van der Waals surface area contributed by atoms with Crippen LogP contribution in [0.3, 0.4) is 0 Å². The molecular weight excluding hydrogens is 224 g/mol. The summed E-state index contributed by atoms with van der Waals surface area (Å²) in [5.74, 6) is 0. The molecule has 98 valence electrons. The summed E-state index contributed by atoms with van der Waals surface area (Å²) in [7, 11) is 2.01. The molecule has 1 N–H and O–H groups in total. The van der Waals surface area contributed by atoms with Crippen LogP contribution in [-0.4, -0.2) is 17.7 Å². The molecule has 0 fully saturated rings. The molecule has 1 aromatic carbocycles. The van der Waals surface area contributed by atoms with Crippen LogP contribution >= 0.6 is 0 Å². The quantitative estimate of drug-likeness (QED) is 0.887. The third-order valence-corrected chi connectivity index (χ3v) is 3.74. The van der Waals surface area contributed by atoms with Crippen LogP contribution < -0.4 is 4.90 Å². The zero-order chi connectivity index (χ0) is 13.9. The second-order valence-corrected chi connectivity index (χ2v) is 5.29. The van der Waals surface area contributed by atoms with Crippen molar-refractivity contribution in [2.45, 2.75) is 45.8 Å². The average molecular weight is 246 g/mol. The molecule has 1 unspecified atom stereocenters. The highest BCUT2D eigenvalue weighted by Crippen LogP contribution is 2.32. The lowest BCUT2D eigenvalue weighted by Gasteiger charge is -2.38. The lowest BCUT2D eigenvalue weighted by atomic mass is 9.96. The standard InChI is InChI=1S/C15H22N2O/c1-6-15(3,4)17(5)14-9-12(10-16)7-8-13(14)11(2)18/h7-9,11,18H,6H2,1-5H3. The normalized spacial score (nSPS) is 12.9. The fraction of sp³-hybridized carbons (Fsp3) is 0.533. The Morgan fingerprint density at radius 2 is 2.06 bits per heavy atom. The number of aliphatic hydroxyl groups excluding tert-OH is 1. The third-order valence-electron chi connectivity index (χ3n) is 3.74. The predicted octanol–water partition coefficient (Wildman–Crippen LogP) is 3.24. The van der Waals surface area contributed by atoms with Gasteiger partial charge in [-0.25, -0.2) is 0 Å². The van der Waals surface area contributed by atoms with Crippen molar-refractivity contribution in [3.05, 3.63) is 29.3 Å². The van der Waals surface area contributed by atoms with Crippen molar-refractivity contribution in [2.75, 3.05) is 11.9 Å². The number of aliphatic hydroxyl groups is 1. The summed E-state index contributed by atoms with van der Waals surface area (Å²) >= 11 is 0. The lowest BCUT2D eigenvalue weighted by Crippen LogP contribution is -2.41. The monoisotopic (exact) mass is 246 g/mol. The maximum atomic E-state index is 9.85. The SMILES string of the molecule is CCC(C)(C)N(C)c1cc(C#N)ccc1C(C)O. The smallest absolute Gasteiger partial charge is 0.0992 e. The summed E-state index contributed by atoms with van der Waals surface area (Å²) < 4.78 is 0. The Morgan fingerprint density at radius 3 is 2.50 bits per heavy atom. The molecule has 0 aliphatic rings. The highest BCUT2D eigenvalue weighted by molar-refractivity contribution is 5.59. The first-order chi connectivity index (χ1) is 8.33. The molecule has 0 saturated heterocycles. The summed E-state index contributed by atoms with van der Waals surface area (Å²) in [6, 6.07) is 7.58. The zero-order valence-electron chi connectivity index (χ0n) is 11.9. The number of rotatable bonds is 4. The molecule has 1 aromatic rings. The molecule has 3 heteroatoms. The molecule has 0 bridgehead atoms. The van der Waals surface area contributed by atoms with E-state index in [1.165, 1.54) is 0 Å². The molecule has 0 amide bonds. The number of nitriles is 1. The summed E-state index contributed by atoms with van der Waals surface area (Å²) in [5.41, 5.74) is 2.39. The summed E-state index contributed by atoms with van der Waals surface area (Å²) in [6.45, 7) is 8.18. The largest absolute Gasteiger partial charge is 0.389 e. The van der Waals surface area contributed by atoms with Gasteiger partial charge >= 0.3 is 0 Å². The number of hydrogen-bond acceptors (Lipinski definition) is 3. The van der Waals surface area contributed by atoms with Gasteiger partial charge in [-0.05, 0) is 39.3 Å². The number of anilines is 1. The topological polar surface area (TPSA) is 47.3 Å². The number of nitrogens with zero attached hydrogens (tertiary/aromatic N) is 2. The third kappa shape index (κ3) is 2.83. The minimum absolute atomic E-state index is 0.0162. The zero-order valence-corrected chi connectivity index (χ0v) is 11.9.